The first-order valence-corrected chi connectivity index (χ1v) is 11.0. The van der Waals surface area contributed by atoms with E-state index in [2.05, 4.69) is 0 Å². The van der Waals surface area contributed by atoms with E-state index in [1.165, 1.54) is 31.3 Å². The molecule has 3 aromatic carbocycles. The third-order valence-electron chi connectivity index (χ3n) is 5.62. The second kappa shape index (κ2) is 9.71. The minimum Gasteiger partial charge on any atom is -0.507 e. The number of carbonyl (C=O) groups is 2. The summed E-state index contributed by atoms with van der Waals surface area (Å²) in [6, 6.07) is 16.9. The molecule has 0 aliphatic carbocycles. The van der Waals surface area contributed by atoms with Crippen LogP contribution in [0.3, 0.4) is 0 Å². The van der Waals surface area contributed by atoms with Gasteiger partial charge >= 0.3 is 0 Å². The molecule has 1 N–H and O–H groups in total. The number of amides is 1. The van der Waals surface area contributed by atoms with E-state index in [-0.39, 0.29) is 26.9 Å². The molecular weight excluding hydrogens is 491 g/mol. The molecule has 0 aromatic heterocycles. The van der Waals surface area contributed by atoms with E-state index in [0.29, 0.717) is 22.6 Å². The van der Waals surface area contributed by atoms with Crippen molar-refractivity contribution in [3.05, 3.63) is 93.0 Å². The van der Waals surface area contributed by atoms with Crippen LogP contribution in [0.4, 0.5) is 5.69 Å². The number of nitriles is 1. The molecule has 1 unspecified atom stereocenters. The number of nitrogens with zero attached hydrogens (tertiary/aromatic N) is 2. The summed E-state index contributed by atoms with van der Waals surface area (Å²) in [6.07, 6.45) is 0. The van der Waals surface area contributed by atoms with Gasteiger partial charge in [0.15, 0.2) is 0 Å². The summed E-state index contributed by atoms with van der Waals surface area (Å²) in [5.41, 5.74) is 1.22. The van der Waals surface area contributed by atoms with Gasteiger partial charge in [0.05, 0.1) is 48.1 Å². The molecule has 0 spiro atoms. The topological polar surface area (TPSA) is 99.9 Å². The molecule has 1 aliphatic rings. The molecule has 1 atom stereocenters. The minimum atomic E-state index is -0.990. The summed E-state index contributed by atoms with van der Waals surface area (Å²) in [7, 11) is 2.88. The average molecular weight is 509 g/mol. The number of anilines is 1. The first-order chi connectivity index (χ1) is 16.8. The van der Waals surface area contributed by atoms with Crippen molar-refractivity contribution in [2.75, 3.05) is 19.1 Å². The Morgan fingerprint density at radius 3 is 2.23 bits per heavy atom. The van der Waals surface area contributed by atoms with Crippen molar-refractivity contribution < 1.29 is 24.2 Å². The number of ether oxygens (including phenoxy) is 2. The van der Waals surface area contributed by atoms with E-state index in [0.717, 1.165) is 0 Å². The van der Waals surface area contributed by atoms with Crippen molar-refractivity contribution >= 4 is 46.3 Å². The van der Waals surface area contributed by atoms with Gasteiger partial charge < -0.3 is 14.6 Å². The summed E-state index contributed by atoms with van der Waals surface area (Å²) in [6.45, 7) is 0. The van der Waals surface area contributed by atoms with E-state index in [1.807, 2.05) is 6.07 Å². The molecule has 0 saturated carbocycles. The monoisotopic (exact) mass is 508 g/mol. The maximum atomic E-state index is 13.3. The van der Waals surface area contributed by atoms with Crippen LogP contribution in [0.2, 0.25) is 10.0 Å². The van der Waals surface area contributed by atoms with Gasteiger partial charge in [-0.3, -0.25) is 14.5 Å². The van der Waals surface area contributed by atoms with Gasteiger partial charge in [0.25, 0.3) is 11.7 Å². The van der Waals surface area contributed by atoms with Gasteiger partial charge in [0.2, 0.25) is 0 Å². The molecule has 1 saturated heterocycles. The minimum absolute atomic E-state index is 0.0707. The molecule has 0 radical (unpaired) electrons. The molecule has 1 heterocycles. The zero-order valence-electron chi connectivity index (χ0n) is 18.6. The molecule has 7 nitrogen and oxygen atoms in total. The van der Waals surface area contributed by atoms with Gasteiger partial charge in [-0.25, -0.2) is 0 Å². The molecule has 1 amide bonds. The highest BCUT2D eigenvalue weighted by Gasteiger charge is 2.47. The fraction of sp³-hybridized carbons (Fsp3) is 0.115. The van der Waals surface area contributed by atoms with Crippen LogP contribution < -0.4 is 14.4 Å². The van der Waals surface area contributed by atoms with Crippen LogP contribution in [0, 0.1) is 11.3 Å². The summed E-state index contributed by atoms with van der Waals surface area (Å²) in [4.78, 5) is 27.8. The molecule has 9 heteroatoms. The largest absolute Gasteiger partial charge is 0.507 e. The van der Waals surface area contributed by atoms with E-state index in [1.54, 1.807) is 48.5 Å². The van der Waals surface area contributed by atoms with Crippen molar-refractivity contribution in [3.63, 3.8) is 0 Å². The molecule has 4 rings (SSSR count). The number of ketones is 1. The number of hydrogen-bond donors (Lipinski definition) is 1. The van der Waals surface area contributed by atoms with Gasteiger partial charge in [-0.1, -0.05) is 35.3 Å². The Morgan fingerprint density at radius 1 is 1.00 bits per heavy atom. The SMILES string of the molecule is COc1ccc(C2/C(=C(\O)c3cc(Cl)cc(Cl)c3OC)C(=O)C(=O)N2c2ccc(C#N)cc2)cc1. The number of aliphatic hydroxyl groups is 1. The number of hydrogen-bond acceptors (Lipinski definition) is 6. The van der Waals surface area contributed by atoms with E-state index < -0.39 is 23.5 Å². The van der Waals surface area contributed by atoms with Gasteiger partial charge in [-0.05, 0) is 54.1 Å². The fourth-order valence-corrected chi connectivity index (χ4v) is 4.56. The molecular formula is C26H18Cl2N2O5. The van der Waals surface area contributed by atoms with Crippen LogP contribution in [0.25, 0.3) is 5.76 Å². The Kier molecular flexibility index (Phi) is 6.70. The zero-order chi connectivity index (χ0) is 25.3. The van der Waals surface area contributed by atoms with Crippen molar-refractivity contribution in [1.29, 1.82) is 5.26 Å². The lowest BCUT2D eigenvalue weighted by Crippen LogP contribution is -2.29. The summed E-state index contributed by atoms with van der Waals surface area (Å²) in [5.74, 6) is -1.55. The predicted molar refractivity (Wildman–Crippen MR) is 132 cm³/mol. The van der Waals surface area contributed by atoms with Crippen LogP contribution in [-0.2, 0) is 9.59 Å². The third kappa shape index (κ3) is 4.30. The number of rotatable bonds is 5. The zero-order valence-corrected chi connectivity index (χ0v) is 20.1. The van der Waals surface area contributed by atoms with Crippen LogP contribution in [0.15, 0.2) is 66.2 Å². The van der Waals surface area contributed by atoms with Gasteiger partial charge in [0.1, 0.15) is 17.3 Å². The standard InChI is InChI=1S/C26H18Cl2N2O5/c1-34-18-9-5-15(6-10-18)22-21(23(31)19-11-16(27)12-20(28)25(19)35-2)24(32)26(33)30(22)17-7-3-14(13-29)4-8-17/h3-12,22,31H,1-2H3/b23-21+. The van der Waals surface area contributed by atoms with Crippen molar-refractivity contribution in [2.24, 2.45) is 0 Å². The maximum absolute atomic E-state index is 13.3. The van der Waals surface area contributed by atoms with Crippen LogP contribution >= 0.6 is 23.2 Å². The number of carbonyl (C=O) groups excluding carboxylic acids is 2. The van der Waals surface area contributed by atoms with E-state index >= 15 is 0 Å². The van der Waals surface area contributed by atoms with Crippen LogP contribution in [0.5, 0.6) is 11.5 Å². The molecule has 3 aromatic rings. The van der Waals surface area contributed by atoms with E-state index in [9.17, 15) is 14.7 Å². The lowest BCUT2D eigenvalue weighted by atomic mass is 9.94. The number of methoxy groups -OCH3 is 2. The van der Waals surface area contributed by atoms with Gasteiger partial charge in [0, 0.05) is 10.7 Å². The number of benzene rings is 3. The Morgan fingerprint density at radius 2 is 1.66 bits per heavy atom. The smallest absolute Gasteiger partial charge is 0.300 e. The summed E-state index contributed by atoms with van der Waals surface area (Å²) >= 11 is 12.4. The van der Waals surface area contributed by atoms with Gasteiger partial charge in [-0.15, -0.1) is 0 Å². The summed E-state index contributed by atoms with van der Waals surface area (Å²) in [5, 5.41) is 20.8. The average Bonchev–Trinajstić information content (AvgIpc) is 3.13. The quantitative estimate of drug-likeness (QED) is 0.277. The van der Waals surface area contributed by atoms with Crippen molar-refractivity contribution in [3.8, 4) is 17.6 Å². The highest BCUT2D eigenvalue weighted by Crippen LogP contribution is 2.45. The first-order valence-electron chi connectivity index (χ1n) is 10.3. The normalized spacial score (nSPS) is 16.8. The van der Waals surface area contributed by atoms with Crippen LogP contribution in [0.1, 0.15) is 22.7 Å². The second-order valence-corrected chi connectivity index (χ2v) is 8.41. The third-order valence-corrected chi connectivity index (χ3v) is 6.12. The Balaban J connectivity index is 1.98. The lowest BCUT2D eigenvalue weighted by molar-refractivity contribution is -0.132. The number of halogens is 2. The summed E-state index contributed by atoms with van der Waals surface area (Å²) < 4.78 is 10.6. The molecule has 176 valence electrons. The second-order valence-electron chi connectivity index (χ2n) is 7.57. The molecule has 1 aliphatic heterocycles. The Hall–Kier alpha value is -3.99. The van der Waals surface area contributed by atoms with Gasteiger partial charge in [-0.2, -0.15) is 5.26 Å². The van der Waals surface area contributed by atoms with Crippen molar-refractivity contribution in [2.45, 2.75) is 6.04 Å². The van der Waals surface area contributed by atoms with Crippen LogP contribution in [-0.4, -0.2) is 31.0 Å². The fourth-order valence-electron chi connectivity index (χ4n) is 3.99. The maximum Gasteiger partial charge on any atom is 0.300 e. The first kappa shape index (κ1) is 24.1. The molecule has 0 bridgehead atoms. The highest BCUT2D eigenvalue weighted by atomic mass is 35.5. The number of Topliss-reactive ketones (excluding diaryl/α,β-unsaturated/α-hetero) is 1. The predicted octanol–water partition coefficient (Wildman–Crippen LogP) is 5.51. The van der Waals surface area contributed by atoms with Crippen molar-refractivity contribution in [1.82, 2.24) is 0 Å². The van der Waals surface area contributed by atoms with E-state index in [4.69, 9.17) is 37.9 Å². The Bertz CT molecular complexity index is 1390. The molecule has 1 fully saturated rings. The highest BCUT2D eigenvalue weighted by molar-refractivity contribution is 6.52. The Labute approximate surface area is 211 Å². The lowest BCUT2D eigenvalue weighted by Gasteiger charge is -2.25. The number of aliphatic hydroxyl groups excluding tert-OH is 1. The molecule has 35 heavy (non-hydrogen) atoms.